The fourth-order valence-electron chi connectivity index (χ4n) is 2.28. The number of rotatable bonds is 8. The van der Waals surface area contributed by atoms with Crippen LogP contribution in [0.1, 0.15) is 44.3 Å². The Kier molecular flexibility index (Phi) is 11.8. The van der Waals surface area contributed by atoms with Crippen LogP contribution in [-0.4, -0.2) is 44.3 Å². The zero-order chi connectivity index (χ0) is 17.3. The maximum Gasteiger partial charge on any atom is 0.191 e. The Hall–Kier alpha value is -0.410. The molecule has 1 aromatic rings. The second-order valence-electron chi connectivity index (χ2n) is 6.81. The van der Waals surface area contributed by atoms with Crippen molar-refractivity contribution in [2.45, 2.75) is 53.1 Å². The lowest BCUT2D eigenvalue weighted by molar-refractivity contribution is 0.0205. The van der Waals surface area contributed by atoms with E-state index in [-0.39, 0.29) is 35.5 Å². The number of aliphatic imine (C=N–C) groups is 1. The molecule has 1 unspecified atom stereocenters. The number of nitrogens with zero attached hydrogens (tertiary/aromatic N) is 2. The van der Waals surface area contributed by atoms with Crippen molar-refractivity contribution < 1.29 is 4.74 Å². The number of nitrogens with one attached hydrogen (secondary N) is 2. The average molecular weight is 468 g/mol. The Labute approximate surface area is 168 Å². The highest BCUT2D eigenvalue weighted by atomic mass is 127. The van der Waals surface area contributed by atoms with Crippen LogP contribution in [0.2, 0.25) is 0 Å². The van der Waals surface area contributed by atoms with E-state index in [0.717, 1.165) is 44.0 Å². The lowest BCUT2D eigenvalue weighted by Gasteiger charge is -2.30. The van der Waals surface area contributed by atoms with Crippen molar-refractivity contribution >= 4 is 41.3 Å². The smallest absolute Gasteiger partial charge is 0.191 e. The van der Waals surface area contributed by atoms with Crippen LogP contribution in [0.25, 0.3) is 0 Å². The lowest BCUT2D eigenvalue weighted by atomic mass is 9.89. The van der Waals surface area contributed by atoms with Crippen LogP contribution in [0.4, 0.5) is 0 Å². The fourth-order valence-corrected chi connectivity index (χ4v) is 3.10. The van der Waals surface area contributed by atoms with E-state index in [2.05, 4.69) is 46.8 Å². The van der Waals surface area contributed by atoms with E-state index < -0.39 is 0 Å². The zero-order valence-corrected chi connectivity index (χ0v) is 19.0. The molecule has 0 aromatic carbocycles. The van der Waals surface area contributed by atoms with Crippen LogP contribution in [0, 0.1) is 12.3 Å². The summed E-state index contributed by atoms with van der Waals surface area (Å²) < 4.78 is 5.55. The van der Waals surface area contributed by atoms with Gasteiger partial charge in [-0.25, -0.2) is 4.98 Å². The summed E-state index contributed by atoms with van der Waals surface area (Å²) in [6.45, 7) is 10.2. The highest BCUT2D eigenvalue weighted by Gasteiger charge is 2.24. The van der Waals surface area contributed by atoms with E-state index in [1.54, 1.807) is 25.5 Å². The molecule has 24 heavy (non-hydrogen) atoms. The number of thiazole rings is 1. The van der Waals surface area contributed by atoms with Gasteiger partial charge in [0.05, 0.1) is 11.1 Å². The highest BCUT2D eigenvalue weighted by molar-refractivity contribution is 14.0. The number of aromatic nitrogens is 1. The number of halogens is 1. The van der Waals surface area contributed by atoms with Crippen molar-refractivity contribution in [3.63, 3.8) is 0 Å². The van der Waals surface area contributed by atoms with Gasteiger partial charge in [-0.15, -0.1) is 35.3 Å². The van der Waals surface area contributed by atoms with E-state index in [9.17, 15) is 0 Å². The minimum Gasteiger partial charge on any atom is -0.379 e. The molecule has 1 atom stereocenters. The Bertz CT molecular complexity index is 485. The normalized spacial score (nSPS) is 13.3. The van der Waals surface area contributed by atoms with Gasteiger partial charge in [-0.1, -0.05) is 20.8 Å². The van der Waals surface area contributed by atoms with Crippen molar-refractivity contribution in [1.29, 1.82) is 0 Å². The van der Waals surface area contributed by atoms with E-state index in [1.807, 2.05) is 6.92 Å². The molecule has 0 saturated heterocycles. The van der Waals surface area contributed by atoms with Gasteiger partial charge >= 0.3 is 0 Å². The second kappa shape index (κ2) is 12.0. The summed E-state index contributed by atoms with van der Waals surface area (Å²) in [6.07, 6.45) is 3.45. The number of guanidine groups is 1. The maximum atomic E-state index is 5.55. The third-order valence-electron chi connectivity index (χ3n) is 3.71. The minimum absolute atomic E-state index is 0. The molecule has 5 nitrogen and oxygen atoms in total. The molecule has 0 radical (unpaired) electrons. The molecule has 0 fully saturated rings. The molecular formula is C17H33IN4OS. The minimum atomic E-state index is 0. The summed E-state index contributed by atoms with van der Waals surface area (Å²) >= 11 is 1.75. The monoisotopic (exact) mass is 468 g/mol. The lowest BCUT2D eigenvalue weighted by Crippen LogP contribution is -2.45. The van der Waals surface area contributed by atoms with Gasteiger partial charge in [-0.05, 0) is 31.6 Å². The third kappa shape index (κ3) is 9.17. The molecule has 0 aliphatic carbocycles. The van der Waals surface area contributed by atoms with Gasteiger partial charge in [-0.2, -0.15) is 0 Å². The molecule has 1 heterocycles. The number of ether oxygens (including phenoxy) is 1. The Morgan fingerprint density at radius 1 is 1.33 bits per heavy atom. The van der Waals surface area contributed by atoms with Gasteiger partial charge in [0.15, 0.2) is 5.96 Å². The van der Waals surface area contributed by atoms with Gasteiger partial charge in [0, 0.05) is 38.3 Å². The molecule has 0 aliphatic heterocycles. The van der Waals surface area contributed by atoms with Crippen LogP contribution in [0.3, 0.4) is 0 Å². The number of unbranched alkanes of at least 4 members (excludes halogenated alkanes) is 1. The van der Waals surface area contributed by atoms with Crippen molar-refractivity contribution in [2.75, 3.05) is 27.2 Å². The Morgan fingerprint density at radius 2 is 2.04 bits per heavy atom. The van der Waals surface area contributed by atoms with E-state index >= 15 is 0 Å². The van der Waals surface area contributed by atoms with Crippen LogP contribution >= 0.6 is 35.3 Å². The molecule has 0 aliphatic rings. The van der Waals surface area contributed by atoms with Crippen LogP contribution in [-0.2, 0) is 11.2 Å². The van der Waals surface area contributed by atoms with Gasteiger partial charge in [0.1, 0.15) is 0 Å². The first-order chi connectivity index (χ1) is 10.9. The number of methoxy groups -OCH3 is 1. The molecule has 0 spiro atoms. The first-order valence-corrected chi connectivity index (χ1v) is 9.13. The van der Waals surface area contributed by atoms with Crippen molar-refractivity contribution in [3.05, 3.63) is 16.1 Å². The quantitative estimate of drug-likeness (QED) is 0.265. The van der Waals surface area contributed by atoms with Crippen LogP contribution in [0.5, 0.6) is 0 Å². The maximum absolute atomic E-state index is 5.55. The van der Waals surface area contributed by atoms with E-state index in [4.69, 9.17) is 4.74 Å². The predicted octanol–water partition coefficient (Wildman–Crippen LogP) is 3.62. The largest absolute Gasteiger partial charge is 0.379 e. The molecule has 0 bridgehead atoms. The van der Waals surface area contributed by atoms with E-state index in [1.165, 1.54) is 5.01 Å². The molecule has 140 valence electrons. The van der Waals surface area contributed by atoms with Gasteiger partial charge < -0.3 is 15.4 Å². The summed E-state index contributed by atoms with van der Waals surface area (Å²) in [5, 5.41) is 10.0. The highest BCUT2D eigenvalue weighted by Crippen LogP contribution is 2.20. The first kappa shape index (κ1) is 23.6. The van der Waals surface area contributed by atoms with Gasteiger partial charge in [0.2, 0.25) is 0 Å². The zero-order valence-electron chi connectivity index (χ0n) is 15.8. The van der Waals surface area contributed by atoms with Gasteiger partial charge in [-0.3, -0.25) is 4.99 Å². The van der Waals surface area contributed by atoms with Crippen LogP contribution < -0.4 is 10.6 Å². The predicted molar refractivity (Wildman–Crippen MR) is 115 cm³/mol. The van der Waals surface area contributed by atoms with Crippen LogP contribution in [0.15, 0.2) is 10.4 Å². The number of aryl methyl sites for hydroxylation is 2. The molecule has 1 rings (SSSR count). The van der Waals surface area contributed by atoms with E-state index in [0.29, 0.717) is 0 Å². The Morgan fingerprint density at radius 3 is 2.54 bits per heavy atom. The SMILES string of the molecule is CN=C(NCCCCc1nc(C)cs1)NCC(OC)C(C)(C)C.I. The molecule has 7 heteroatoms. The standard InChI is InChI=1S/C17H32N4OS.HI/c1-13-12-23-15(21-13)9-7-8-10-19-16(18-5)20-11-14(22-6)17(2,3)4;/h12,14H,7-11H2,1-6H3,(H2,18,19,20);1H. The topological polar surface area (TPSA) is 58.5 Å². The summed E-state index contributed by atoms with van der Waals surface area (Å²) in [5.41, 5.74) is 1.23. The third-order valence-corrected chi connectivity index (χ3v) is 4.73. The molecular weight excluding hydrogens is 435 g/mol. The number of hydrogen-bond donors (Lipinski definition) is 2. The molecule has 2 N–H and O–H groups in total. The van der Waals surface area contributed by atoms with Crippen molar-refractivity contribution in [3.8, 4) is 0 Å². The second-order valence-corrected chi connectivity index (χ2v) is 7.75. The molecule has 0 amide bonds. The summed E-state index contributed by atoms with van der Waals surface area (Å²) in [7, 11) is 3.56. The summed E-state index contributed by atoms with van der Waals surface area (Å²) in [4.78, 5) is 8.75. The first-order valence-electron chi connectivity index (χ1n) is 8.25. The van der Waals surface area contributed by atoms with Gasteiger partial charge in [0.25, 0.3) is 0 Å². The fraction of sp³-hybridized carbons (Fsp3) is 0.765. The molecule has 0 saturated carbocycles. The average Bonchev–Trinajstić information content (AvgIpc) is 2.89. The van der Waals surface area contributed by atoms with Crippen molar-refractivity contribution in [1.82, 2.24) is 15.6 Å². The van der Waals surface area contributed by atoms with Crippen molar-refractivity contribution in [2.24, 2.45) is 10.4 Å². The number of hydrogen-bond acceptors (Lipinski definition) is 4. The Balaban J connectivity index is 0.00000529. The summed E-state index contributed by atoms with van der Waals surface area (Å²) in [5.74, 6) is 0.835. The molecule has 1 aromatic heterocycles. The summed E-state index contributed by atoms with van der Waals surface area (Å²) in [6, 6.07) is 0.